The summed E-state index contributed by atoms with van der Waals surface area (Å²) in [7, 11) is 1.82. The number of hydrogen-bond acceptors (Lipinski definition) is 3. The summed E-state index contributed by atoms with van der Waals surface area (Å²) >= 11 is 0. The van der Waals surface area contributed by atoms with Crippen molar-refractivity contribution < 1.29 is 4.39 Å². The number of piperidine rings is 1. The SMILES string of the molecule is CNCc1ccnc(N2CC(C)CC(C)C2)c1F. The lowest BCUT2D eigenvalue weighted by molar-refractivity contribution is 0.352. The molecular formula is C14H22FN3. The van der Waals surface area contributed by atoms with E-state index in [1.807, 2.05) is 7.05 Å². The van der Waals surface area contributed by atoms with E-state index in [1.54, 1.807) is 12.3 Å². The van der Waals surface area contributed by atoms with Crippen LogP contribution in [0.3, 0.4) is 0 Å². The van der Waals surface area contributed by atoms with E-state index in [9.17, 15) is 4.39 Å². The largest absolute Gasteiger partial charge is 0.354 e. The first kappa shape index (κ1) is 13.3. The van der Waals surface area contributed by atoms with Crippen molar-refractivity contribution in [1.29, 1.82) is 0 Å². The summed E-state index contributed by atoms with van der Waals surface area (Å²) in [5.41, 5.74) is 0.688. The smallest absolute Gasteiger partial charge is 0.170 e. The van der Waals surface area contributed by atoms with E-state index in [2.05, 4.69) is 29.0 Å². The number of nitrogens with zero attached hydrogens (tertiary/aromatic N) is 2. The van der Waals surface area contributed by atoms with Crippen molar-refractivity contribution in [2.45, 2.75) is 26.8 Å². The third kappa shape index (κ3) is 2.80. The fourth-order valence-electron chi connectivity index (χ4n) is 2.85. The number of nitrogens with one attached hydrogen (secondary N) is 1. The van der Waals surface area contributed by atoms with Crippen molar-refractivity contribution in [3.8, 4) is 0 Å². The lowest BCUT2D eigenvalue weighted by Gasteiger charge is -2.36. The first-order valence-electron chi connectivity index (χ1n) is 6.64. The molecule has 0 aliphatic carbocycles. The molecule has 0 bridgehead atoms. The minimum atomic E-state index is -0.173. The second-order valence-corrected chi connectivity index (χ2v) is 5.49. The molecule has 2 heterocycles. The monoisotopic (exact) mass is 251 g/mol. The predicted molar refractivity (Wildman–Crippen MR) is 72.1 cm³/mol. The molecule has 1 aromatic heterocycles. The van der Waals surface area contributed by atoms with E-state index in [1.165, 1.54) is 6.42 Å². The van der Waals surface area contributed by atoms with Gasteiger partial charge >= 0.3 is 0 Å². The van der Waals surface area contributed by atoms with Gasteiger partial charge in [0.1, 0.15) is 0 Å². The van der Waals surface area contributed by atoms with Gasteiger partial charge < -0.3 is 10.2 Å². The summed E-state index contributed by atoms with van der Waals surface area (Å²) in [6.45, 7) is 6.78. The molecule has 1 N–H and O–H groups in total. The highest BCUT2D eigenvalue weighted by Crippen LogP contribution is 2.27. The molecule has 0 aromatic carbocycles. The summed E-state index contributed by atoms with van der Waals surface area (Å²) in [5.74, 6) is 1.54. The van der Waals surface area contributed by atoms with Gasteiger partial charge in [-0.1, -0.05) is 13.8 Å². The molecule has 0 saturated carbocycles. The minimum absolute atomic E-state index is 0.173. The number of aromatic nitrogens is 1. The zero-order valence-electron chi connectivity index (χ0n) is 11.4. The summed E-state index contributed by atoms with van der Waals surface area (Å²) in [6, 6.07) is 1.74. The summed E-state index contributed by atoms with van der Waals surface area (Å²) in [5, 5.41) is 2.99. The van der Waals surface area contributed by atoms with Crippen LogP contribution >= 0.6 is 0 Å². The Kier molecular flexibility index (Phi) is 4.17. The molecule has 100 valence electrons. The van der Waals surface area contributed by atoms with E-state index in [-0.39, 0.29) is 5.82 Å². The van der Waals surface area contributed by atoms with E-state index >= 15 is 0 Å². The topological polar surface area (TPSA) is 28.2 Å². The van der Waals surface area contributed by atoms with E-state index < -0.39 is 0 Å². The Morgan fingerprint density at radius 3 is 2.67 bits per heavy atom. The molecule has 0 spiro atoms. The quantitative estimate of drug-likeness (QED) is 0.894. The lowest BCUT2D eigenvalue weighted by atomic mass is 9.92. The molecule has 2 rings (SSSR count). The zero-order valence-corrected chi connectivity index (χ0v) is 11.4. The Morgan fingerprint density at radius 1 is 1.39 bits per heavy atom. The predicted octanol–water partition coefficient (Wildman–Crippen LogP) is 2.42. The van der Waals surface area contributed by atoms with Crippen LogP contribution in [0, 0.1) is 17.7 Å². The normalized spacial score (nSPS) is 24.3. The van der Waals surface area contributed by atoms with Crippen molar-refractivity contribution in [2.24, 2.45) is 11.8 Å². The molecule has 0 amide bonds. The number of pyridine rings is 1. The molecule has 1 aliphatic heterocycles. The molecule has 1 saturated heterocycles. The van der Waals surface area contributed by atoms with E-state index in [0.29, 0.717) is 29.8 Å². The van der Waals surface area contributed by atoms with Crippen molar-refractivity contribution in [2.75, 3.05) is 25.0 Å². The van der Waals surface area contributed by atoms with Gasteiger partial charge in [0.25, 0.3) is 0 Å². The summed E-state index contributed by atoms with van der Waals surface area (Å²) < 4.78 is 14.4. The van der Waals surface area contributed by atoms with Gasteiger partial charge in [0.2, 0.25) is 0 Å². The maximum Gasteiger partial charge on any atom is 0.170 e. The Labute approximate surface area is 108 Å². The van der Waals surface area contributed by atoms with Crippen molar-refractivity contribution >= 4 is 5.82 Å². The van der Waals surface area contributed by atoms with Crippen LogP contribution in [0.4, 0.5) is 10.2 Å². The van der Waals surface area contributed by atoms with E-state index in [4.69, 9.17) is 0 Å². The fraction of sp³-hybridized carbons (Fsp3) is 0.643. The van der Waals surface area contributed by atoms with Crippen LogP contribution in [0.5, 0.6) is 0 Å². The fourth-order valence-corrected chi connectivity index (χ4v) is 2.85. The van der Waals surface area contributed by atoms with Crippen LogP contribution in [0.1, 0.15) is 25.8 Å². The van der Waals surface area contributed by atoms with Crippen LogP contribution < -0.4 is 10.2 Å². The van der Waals surface area contributed by atoms with Gasteiger partial charge in [0.15, 0.2) is 11.6 Å². The van der Waals surface area contributed by atoms with Gasteiger partial charge in [0.05, 0.1) is 0 Å². The Morgan fingerprint density at radius 2 is 2.06 bits per heavy atom. The molecule has 2 unspecified atom stereocenters. The number of anilines is 1. The molecule has 3 nitrogen and oxygen atoms in total. The second kappa shape index (κ2) is 5.65. The van der Waals surface area contributed by atoms with Gasteiger partial charge in [-0.15, -0.1) is 0 Å². The lowest BCUT2D eigenvalue weighted by Crippen LogP contribution is -2.39. The van der Waals surface area contributed by atoms with Gasteiger partial charge in [-0.2, -0.15) is 0 Å². The number of hydrogen-bond donors (Lipinski definition) is 1. The molecule has 4 heteroatoms. The molecule has 18 heavy (non-hydrogen) atoms. The van der Waals surface area contributed by atoms with Crippen LogP contribution in [0.2, 0.25) is 0 Å². The summed E-state index contributed by atoms with van der Waals surface area (Å²) in [6.07, 6.45) is 2.92. The van der Waals surface area contributed by atoms with Crippen LogP contribution in [0.15, 0.2) is 12.3 Å². The van der Waals surface area contributed by atoms with Gasteiger partial charge in [-0.05, 0) is 31.4 Å². The van der Waals surface area contributed by atoms with Crippen molar-refractivity contribution in [3.63, 3.8) is 0 Å². The highest BCUT2D eigenvalue weighted by Gasteiger charge is 2.25. The van der Waals surface area contributed by atoms with Crippen molar-refractivity contribution in [3.05, 3.63) is 23.6 Å². The minimum Gasteiger partial charge on any atom is -0.354 e. The molecular weight excluding hydrogens is 229 g/mol. The third-order valence-corrected chi connectivity index (χ3v) is 3.49. The Hall–Kier alpha value is -1.16. The second-order valence-electron chi connectivity index (χ2n) is 5.49. The van der Waals surface area contributed by atoms with Crippen LogP contribution in [0.25, 0.3) is 0 Å². The van der Waals surface area contributed by atoms with Gasteiger partial charge in [-0.3, -0.25) is 0 Å². The molecule has 1 aliphatic rings. The third-order valence-electron chi connectivity index (χ3n) is 3.49. The summed E-state index contributed by atoms with van der Waals surface area (Å²) in [4.78, 5) is 6.33. The number of halogens is 1. The molecule has 2 atom stereocenters. The van der Waals surface area contributed by atoms with Crippen LogP contribution in [-0.4, -0.2) is 25.1 Å². The molecule has 1 aromatic rings. The average molecular weight is 251 g/mol. The first-order chi connectivity index (χ1) is 8.61. The maximum absolute atomic E-state index is 14.4. The standard InChI is InChI=1S/C14H22FN3/c1-10-6-11(2)9-18(8-10)14-13(15)12(7-16-3)4-5-17-14/h4-5,10-11,16H,6-9H2,1-3H3. The van der Waals surface area contributed by atoms with E-state index in [0.717, 1.165) is 13.1 Å². The van der Waals surface area contributed by atoms with Gasteiger partial charge in [-0.25, -0.2) is 9.37 Å². The highest BCUT2D eigenvalue weighted by molar-refractivity contribution is 5.43. The molecule has 0 radical (unpaired) electrons. The Balaban J connectivity index is 2.24. The highest BCUT2D eigenvalue weighted by atomic mass is 19.1. The van der Waals surface area contributed by atoms with Gasteiger partial charge in [0, 0.05) is 31.4 Å². The zero-order chi connectivity index (χ0) is 13.1. The van der Waals surface area contributed by atoms with Crippen molar-refractivity contribution in [1.82, 2.24) is 10.3 Å². The first-order valence-corrected chi connectivity index (χ1v) is 6.64. The maximum atomic E-state index is 14.4. The Bertz CT molecular complexity index is 398. The average Bonchev–Trinajstić information content (AvgIpc) is 2.31. The number of rotatable bonds is 3. The van der Waals surface area contributed by atoms with Crippen LogP contribution in [-0.2, 0) is 6.54 Å². The molecule has 1 fully saturated rings.